The van der Waals surface area contributed by atoms with Crippen LogP contribution in [-0.4, -0.2) is 9.97 Å². The molecule has 1 fully saturated rings. The van der Waals surface area contributed by atoms with Gasteiger partial charge >= 0.3 is 0 Å². The Morgan fingerprint density at radius 2 is 1.86 bits per heavy atom. The van der Waals surface area contributed by atoms with Gasteiger partial charge in [-0.15, -0.1) is 0 Å². The molecule has 110 valence electrons. The zero-order chi connectivity index (χ0) is 15.0. The summed E-state index contributed by atoms with van der Waals surface area (Å²) in [5, 5.41) is 0.518. The Hall–Kier alpha value is -0.460. The van der Waals surface area contributed by atoms with Crippen LogP contribution in [0.2, 0.25) is 10.2 Å². The molecule has 0 unspecified atom stereocenters. The minimum absolute atomic E-state index is 0.0892. The van der Waals surface area contributed by atoms with Gasteiger partial charge in [-0.25, -0.2) is 14.4 Å². The van der Waals surface area contributed by atoms with Crippen LogP contribution in [0.1, 0.15) is 37.3 Å². The molecular weight excluding hydrogens is 425 g/mol. The fourth-order valence-electron chi connectivity index (χ4n) is 2.67. The molecule has 0 radical (unpaired) electrons. The van der Waals surface area contributed by atoms with Crippen molar-refractivity contribution in [3.63, 3.8) is 0 Å². The summed E-state index contributed by atoms with van der Waals surface area (Å²) in [6, 6.07) is 4.57. The number of halogens is 4. The summed E-state index contributed by atoms with van der Waals surface area (Å²) in [6.45, 7) is 0. The lowest BCUT2D eigenvalue weighted by atomic mass is 10.0. The van der Waals surface area contributed by atoms with Crippen LogP contribution in [0.5, 0.6) is 0 Å². The monoisotopic (exact) mass is 436 g/mol. The maximum absolute atomic E-state index is 13.6. The molecule has 0 bridgehead atoms. The molecule has 1 aromatic carbocycles. The molecule has 0 N–H and O–H groups in total. The molecule has 21 heavy (non-hydrogen) atoms. The first-order chi connectivity index (χ1) is 10.1. The third-order valence-corrected chi connectivity index (χ3v) is 5.72. The van der Waals surface area contributed by atoms with Gasteiger partial charge in [0.2, 0.25) is 0 Å². The van der Waals surface area contributed by atoms with E-state index in [1.54, 1.807) is 6.07 Å². The predicted octanol–water partition coefficient (Wildman–Crippen LogP) is 5.85. The van der Waals surface area contributed by atoms with E-state index in [0.29, 0.717) is 22.5 Å². The van der Waals surface area contributed by atoms with Crippen molar-refractivity contribution in [2.24, 2.45) is 0 Å². The van der Waals surface area contributed by atoms with E-state index < -0.39 is 5.82 Å². The second-order valence-corrected chi connectivity index (χ2v) is 6.99. The molecule has 1 aliphatic rings. The van der Waals surface area contributed by atoms with Crippen LogP contribution in [0.25, 0.3) is 11.4 Å². The third-order valence-electron chi connectivity index (χ3n) is 3.76. The maximum Gasteiger partial charge on any atom is 0.161 e. The van der Waals surface area contributed by atoms with E-state index in [1.807, 2.05) is 0 Å². The maximum atomic E-state index is 13.6. The minimum Gasteiger partial charge on any atom is -0.232 e. The Balaban J connectivity index is 2.08. The number of hydrogen-bond acceptors (Lipinski definition) is 2. The van der Waals surface area contributed by atoms with Crippen molar-refractivity contribution in [2.75, 3.05) is 0 Å². The highest BCUT2D eigenvalue weighted by Crippen LogP contribution is 2.37. The molecule has 1 aromatic heterocycles. The van der Waals surface area contributed by atoms with Crippen LogP contribution >= 0.6 is 45.8 Å². The standard InChI is InChI=1S/C15H12Cl2FIN2/c16-10-6-5-9(7-11(10)18)15-20-13(8-3-1-2-4-8)12(19)14(17)21-15/h5-8H,1-4H2. The lowest BCUT2D eigenvalue weighted by Crippen LogP contribution is -2.04. The average molecular weight is 437 g/mol. The molecular formula is C15H12Cl2FIN2. The Bertz CT molecular complexity index is 688. The molecule has 6 heteroatoms. The van der Waals surface area contributed by atoms with E-state index in [0.717, 1.165) is 22.1 Å². The number of nitrogens with zero attached hydrogens (tertiary/aromatic N) is 2. The van der Waals surface area contributed by atoms with E-state index in [9.17, 15) is 4.39 Å². The highest BCUT2D eigenvalue weighted by molar-refractivity contribution is 14.1. The average Bonchev–Trinajstić information content (AvgIpc) is 2.98. The quantitative estimate of drug-likeness (QED) is 0.435. The second-order valence-electron chi connectivity index (χ2n) is 5.15. The third kappa shape index (κ3) is 3.17. The van der Waals surface area contributed by atoms with Crippen molar-refractivity contribution in [2.45, 2.75) is 31.6 Å². The molecule has 0 spiro atoms. The molecule has 1 aliphatic carbocycles. The highest BCUT2D eigenvalue weighted by atomic mass is 127. The fourth-order valence-corrected chi connectivity index (χ4v) is 3.65. The second kappa shape index (κ2) is 6.34. The van der Waals surface area contributed by atoms with Crippen molar-refractivity contribution in [3.05, 3.63) is 43.5 Å². The normalized spacial score (nSPS) is 15.6. The van der Waals surface area contributed by atoms with Gasteiger partial charge in [-0.2, -0.15) is 0 Å². The Morgan fingerprint density at radius 3 is 2.52 bits per heavy atom. The number of hydrogen-bond donors (Lipinski definition) is 0. The molecule has 0 atom stereocenters. The molecule has 2 nitrogen and oxygen atoms in total. The van der Waals surface area contributed by atoms with Crippen molar-refractivity contribution in [3.8, 4) is 11.4 Å². The minimum atomic E-state index is -0.477. The molecule has 3 rings (SSSR count). The van der Waals surface area contributed by atoms with Gasteiger partial charge in [0.25, 0.3) is 0 Å². The predicted molar refractivity (Wildman–Crippen MR) is 91.4 cm³/mol. The van der Waals surface area contributed by atoms with Gasteiger partial charge in [-0.05, 0) is 53.6 Å². The summed E-state index contributed by atoms with van der Waals surface area (Å²) in [4.78, 5) is 8.93. The van der Waals surface area contributed by atoms with E-state index in [-0.39, 0.29) is 5.02 Å². The van der Waals surface area contributed by atoms with Gasteiger partial charge in [-0.1, -0.05) is 36.0 Å². The summed E-state index contributed by atoms with van der Waals surface area (Å²) < 4.78 is 14.5. The van der Waals surface area contributed by atoms with Gasteiger partial charge in [0.15, 0.2) is 5.82 Å². The van der Waals surface area contributed by atoms with E-state index >= 15 is 0 Å². The lowest BCUT2D eigenvalue weighted by Gasteiger charge is -2.13. The largest absolute Gasteiger partial charge is 0.232 e. The first-order valence-electron chi connectivity index (χ1n) is 6.74. The summed E-state index contributed by atoms with van der Waals surface area (Å²) in [5.74, 6) is 0.404. The Labute approximate surface area is 146 Å². The van der Waals surface area contributed by atoms with Gasteiger partial charge in [0.05, 0.1) is 14.3 Å². The van der Waals surface area contributed by atoms with E-state index in [4.69, 9.17) is 23.2 Å². The number of aromatic nitrogens is 2. The van der Waals surface area contributed by atoms with Crippen LogP contribution in [0, 0.1) is 9.39 Å². The molecule has 0 saturated heterocycles. The van der Waals surface area contributed by atoms with Crippen LogP contribution in [0.4, 0.5) is 4.39 Å². The van der Waals surface area contributed by atoms with Gasteiger partial charge in [0.1, 0.15) is 11.0 Å². The van der Waals surface area contributed by atoms with Crippen LogP contribution in [-0.2, 0) is 0 Å². The van der Waals surface area contributed by atoms with Crippen LogP contribution in [0.3, 0.4) is 0 Å². The first kappa shape index (κ1) is 15.4. The van der Waals surface area contributed by atoms with Gasteiger partial charge in [0, 0.05) is 11.5 Å². The zero-order valence-electron chi connectivity index (χ0n) is 11.0. The van der Waals surface area contributed by atoms with Crippen molar-refractivity contribution in [1.82, 2.24) is 9.97 Å². The smallest absolute Gasteiger partial charge is 0.161 e. The number of benzene rings is 1. The van der Waals surface area contributed by atoms with Gasteiger partial charge < -0.3 is 0 Å². The zero-order valence-corrected chi connectivity index (χ0v) is 14.7. The van der Waals surface area contributed by atoms with Crippen molar-refractivity contribution >= 4 is 45.8 Å². The van der Waals surface area contributed by atoms with Crippen molar-refractivity contribution < 1.29 is 4.39 Å². The lowest BCUT2D eigenvalue weighted by molar-refractivity contribution is 0.628. The summed E-state index contributed by atoms with van der Waals surface area (Å²) in [5.41, 5.74) is 1.58. The van der Waals surface area contributed by atoms with E-state index in [2.05, 4.69) is 32.6 Å². The Kier molecular flexibility index (Phi) is 4.66. The highest BCUT2D eigenvalue weighted by Gasteiger charge is 2.23. The summed E-state index contributed by atoms with van der Waals surface area (Å²) >= 11 is 14.1. The fraction of sp³-hybridized carbons (Fsp3) is 0.333. The molecule has 2 aromatic rings. The van der Waals surface area contributed by atoms with Crippen LogP contribution in [0.15, 0.2) is 18.2 Å². The molecule has 1 heterocycles. The van der Waals surface area contributed by atoms with E-state index in [1.165, 1.54) is 25.0 Å². The van der Waals surface area contributed by atoms with Crippen molar-refractivity contribution in [1.29, 1.82) is 0 Å². The summed E-state index contributed by atoms with van der Waals surface area (Å²) in [7, 11) is 0. The van der Waals surface area contributed by atoms with Gasteiger partial charge in [-0.3, -0.25) is 0 Å². The molecule has 0 amide bonds. The molecule has 0 aliphatic heterocycles. The first-order valence-corrected chi connectivity index (χ1v) is 8.58. The van der Waals surface area contributed by atoms with Crippen LogP contribution < -0.4 is 0 Å². The molecule has 1 saturated carbocycles. The topological polar surface area (TPSA) is 25.8 Å². The number of rotatable bonds is 2. The SMILES string of the molecule is Fc1cc(-c2nc(Cl)c(I)c(C3CCCC3)n2)ccc1Cl. The Morgan fingerprint density at radius 1 is 1.14 bits per heavy atom. The summed E-state index contributed by atoms with van der Waals surface area (Å²) in [6.07, 6.45) is 4.68.